The van der Waals surface area contributed by atoms with Gasteiger partial charge in [0, 0.05) is 23.4 Å². The zero-order chi connectivity index (χ0) is 21.3. The van der Waals surface area contributed by atoms with Crippen molar-refractivity contribution in [3.8, 4) is 17.2 Å². The molecule has 0 saturated heterocycles. The fourth-order valence-electron chi connectivity index (χ4n) is 3.58. The number of nitrogens with one attached hydrogen (secondary N) is 1. The van der Waals surface area contributed by atoms with Crippen LogP contribution in [0.25, 0.3) is 0 Å². The Kier molecular flexibility index (Phi) is 8.37. The first-order valence-corrected chi connectivity index (χ1v) is 11.8. The molecule has 2 aromatic rings. The number of carbonyl (C=O) groups is 1. The average molecular weight is 433 g/mol. The molecule has 0 saturated carbocycles. The van der Waals surface area contributed by atoms with Crippen LogP contribution in [0, 0.1) is 0 Å². The van der Waals surface area contributed by atoms with Crippen molar-refractivity contribution in [1.82, 2.24) is 10.3 Å². The van der Waals surface area contributed by atoms with Crippen LogP contribution in [-0.4, -0.2) is 37.3 Å². The summed E-state index contributed by atoms with van der Waals surface area (Å²) in [4.78, 5) is 19.0. The molecular weight excluding hydrogens is 400 g/mol. The van der Waals surface area contributed by atoms with Crippen LogP contribution in [0.15, 0.2) is 12.1 Å². The van der Waals surface area contributed by atoms with E-state index in [1.54, 1.807) is 12.1 Å². The number of hydrogen-bond donors (Lipinski definition) is 1. The lowest BCUT2D eigenvalue weighted by Gasteiger charge is -2.17. The third-order valence-electron chi connectivity index (χ3n) is 4.91. The van der Waals surface area contributed by atoms with Crippen LogP contribution < -0.4 is 19.5 Å². The van der Waals surface area contributed by atoms with Crippen LogP contribution in [0.1, 0.15) is 66.0 Å². The standard InChI is InChI=1S/C23H32N2O4S/c1-4-27-18-14-16(15-19(28-5-2)22(18)29-6-3)23(26)24-13-9-12-21-25-17-10-7-8-11-20(17)30-21/h14-15H,4-13H2,1-3H3,(H,24,26). The molecule has 0 unspecified atom stereocenters. The van der Waals surface area contributed by atoms with Crippen molar-refractivity contribution in [1.29, 1.82) is 0 Å². The molecule has 7 heteroatoms. The van der Waals surface area contributed by atoms with Gasteiger partial charge in [-0.05, 0) is 65.0 Å². The molecule has 0 aliphatic heterocycles. The minimum Gasteiger partial charge on any atom is -0.490 e. The molecule has 1 amide bonds. The largest absolute Gasteiger partial charge is 0.490 e. The minimum absolute atomic E-state index is 0.140. The summed E-state index contributed by atoms with van der Waals surface area (Å²) in [6.07, 6.45) is 6.58. The zero-order valence-corrected chi connectivity index (χ0v) is 19.0. The van der Waals surface area contributed by atoms with E-state index in [9.17, 15) is 4.79 Å². The van der Waals surface area contributed by atoms with Crippen molar-refractivity contribution in [2.24, 2.45) is 0 Å². The smallest absolute Gasteiger partial charge is 0.251 e. The first-order chi connectivity index (χ1) is 14.7. The molecular formula is C23H32N2O4S. The summed E-state index contributed by atoms with van der Waals surface area (Å²) >= 11 is 1.84. The molecule has 1 aliphatic carbocycles. The molecule has 0 spiro atoms. The highest BCUT2D eigenvalue weighted by atomic mass is 32.1. The number of fused-ring (bicyclic) bond motifs is 1. The predicted molar refractivity (Wildman–Crippen MR) is 119 cm³/mol. The van der Waals surface area contributed by atoms with Crippen molar-refractivity contribution < 1.29 is 19.0 Å². The quantitative estimate of drug-likeness (QED) is 0.526. The summed E-state index contributed by atoms with van der Waals surface area (Å²) < 4.78 is 17.1. The van der Waals surface area contributed by atoms with Crippen LogP contribution in [0.5, 0.6) is 17.2 Å². The Labute approximate surface area is 183 Å². The number of aromatic nitrogens is 1. The fourth-order valence-corrected chi connectivity index (χ4v) is 4.77. The summed E-state index contributed by atoms with van der Waals surface area (Å²) in [7, 11) is 0. The number of carbonyl (C=O) groups excluding carboxylic acids is 1. The van der Waals surface area contributed by atoms with Gasteiger partial charge in [-0.15, -0.1) is 11.3 Å². The summed E-state index contributed by atoms with van der Waals surface area (Å²) in [5.41, 5.74) is 1.81. The monoisotopic (exact) mass is 432 g/mol. The molecule has 0 fully saturated rings. The lowest BCUT2D eigenvalue weighted by molar-refractivity contribution is 0.0952. The molecule has 1 N–H and O–H groups in total. The number of rotatable bonds is 11. The number of thiazole rings is 1. The van der Waals surface area contributed by atoms with Gasteiger partial charge in [-0.2, -0.15) is 0 Å². The second-order valence-electron chi connectivity index (χ2n) is 7.14. The van der Waals surface area contributed by atoms with Crippen molar-refractivity contribution in [3.05, 3.63) is 33.3 Å². The van der Waals surface area contributed by atoms with E-state index in [4.69, 9.17) is 19.2 Å². The predicted octanol–water partition coefficient (Wildman–Crippen LogP) is 4.58. The van der Waals surface area contributed by atoms with E-state index in [-0.39, 0.29) is 5.91 Å². The van der Waals surface area contributed by atoms with Gasteiger partial charge in [0.2, 0.25) is 5.75 Å². The fraction of sp³-hybridized carbons (Fsp3) is 0.565. The maximum atomic E-state index is 12.7. The first kappa shape index (κ1) is 22.4. The molecule has 1 aromatic carbocycles. The zero-order valence-electron chi connectivity index (χ0n) is 18.2. The molecule has 0 atom stereocenters. The van der Waals surface area contributed by atoms with Crippen LogP contribution >= 0.6 is 11.3 Å². The maximum Gasteiger partial charge on any atom is 0.251 e. The minimum atomic E-state index is -0.140. The van der Waals surface area contributed by atoms with Gasteiger partial charge in [-0.25, -0.2) is 4.98 Å². The van der Waals surface area contributed by atoms with Gasteiger partial charge in [0.25, 0.3) is 5.91 Å². The van der Waals surface area contributed by atoms with E-state index in [0.29, 0.717) is 49.2 Å². The normalized spacial score (nSPS) is 12.9. The number of benzene rings is 1. The van der Waals surface area contributed by atoms with Crippen molar-refractivity contribution in [2.45, 2.75) is 59.3 Å². The Morgan fingerprint density at radius 3 is 2.33 bits per heavy atom. The van der Waals surface area contributed by atoms with Crippen molar-refractivity contribution in [3.63, 3.8) is 0 Å². The summed E-state index contributed by atoms with van der Waals surface area (Å²) in [6, 6.07) is 3.45. The average Bonchev–Trinajstić information content (AvgIpc) is 3.16. The number of nitrogens with zero attached hydrogens (tertiary/aromatic N) is 1. The topological polar surface area (TPSA) is 69.7 Å². The second kappa shape index (κ2) is 11.2. The SMILES string of the molecule is CCOc1cc(C(=O)NCCCc2nc3c(s2)CCCC3)cc(OCC)c1OCC. The van der Waals surface area contributed by atoms with Crippen LogP contribution in [-0.2, 0) is 19.3 Å². The number of hydrogen-bond acceptors (Lipinski definition) is 6. The van der Waals surface area contributed by atoms with Gasteiger partial charge in [0.05, 0.1) is 30.5 Å². The van der Waals surface area contributed by atoms with Gasteiger partial charge in [-0.1, -0.05) is 0 Å². The second-order valence-corrected chi connectivity index (χ2v) is 8.31. The molecule has 6 nitrogen and oxygen atoms in total. The van der Waals surface area contributed by atoms with Gasteiger partial charge >= 0.3 is 0 Å². The van der Waals surface area contributed by atoms with E-state index >= 15 is 0 Å². The maximum absolute atomic E-state index is 12.7. The van der Waals surface area contributed by atoms with Gasteiger partial charge in [0.15, 0.2) is 11.5 Å². The van der Waals surface area contributed by atoms with Gasteiger partial charge in [0.1, 0.15) is 0 Å². The molecule has 1 aromatic heterocycles. The first-order valence-electron chi connectivity index (χ1n) is 11.0. The third-order valence-corrected chi connectivity index (χ3v) is 6.13. The number of ether oxygens (including phenoxy) is 3. The number of aryl methyl sites for hydroxylation is 3. The Hall–Kier alpha value is -2.28. The summed E-state index contributed by atoms with van der Waals surface area (Å²) in [5.74, 6) is 1.47. The Bertz CT molecular complexity index is 799. The van der Waals surface area contributed by atoms with Crippen LogP contribution in [0.2, 0.25) is 0 Å². The lowest BCUT2D eigenvalue weighted by Crippen LogP contribution is -2.25. The van der Waals surface area contributed by atoms with Crippen LogP contribution in [0.3, 0.4) is 0 Å². The summed E-state index contributed by atoms with van der Waals surface area (Å²) in [6.45, 7) is 7.77. The highest BCUT2D eigenvalue weighted by Gasteiger charge is 2.18. The van der Waals surface area contributed by atoms with Crippen molar-refractivity contribution in [2.75, 3.05) is 26.4 Å². The lowest BCUT2D eigenvalue weighted by atomic mass is 10.0. The Morgan fingerprint density at radius 2 is 1.70 bits per heavy atom. The van der Waals surface area contributed by atoms with Gasteiger partial charge < -0.3 is 19.5 Å². The highest BCUT2D eigenvalue weighted by molar-refractivity contribution is 7.11. The van der Waals surface area contributed by atoms with Crippen molar-refractivity contribution >= 4 is 17.2 Å². The Morgan fingerprint density at radius 1 is 1.03 bits per heavy atom. The Balaban J connectivity index is 1.60. The summed E-state index contributed by atoms with van der Waals surface area (Å²) in [5, 5.41) is 4.20. The van der Waals surface area contributed by atoms with E-state index in [1.165, 1.54) is 34.8 Å². The highest BCUT2D eigenvalue weighted by Crippen LogP contribution is 2.39. The van der Waals surface area contributed by atoms with Gasteiger partial charge in [-0.3, -0.25) is 4.79 Å². The molecule has 1 heterocycles. The third kappa shape index (κ3) is 5.65. The molecule has 1 aliphatic rings. The molecule has 3 rings (SSSR count). The molecule has 0 radical (unpaired) electrons. The number of amides is 1. The van der Waals surface area contributed by atoms with E-state index in [2.05, 4.69) is 5.32 Å². The van der Waals surface area contributed by atoms with E-state index in [1.807, 2.05) is 32.1 Å². The molecule has 164 valence electrons. The van der Waals surface area contributed by atoms with E-state index in [0.717, 1.165) is 19.3 Å². The van der Waals surface area contributed by atoms with Crippen LogP contribution in [0.4, 0.5) is 0 Å². The molecule has 30 heavy (non-hydrogen) atoms. The molecule has 0 bridgehead atoms. The van der Waals surface area contributed by atoms with E-state index < -0.39 is 0 Å².